The fraction of sp³-hybridized carbons (Fsp3) is 0.956. The monoisotopic (exact) mass is 1050 g/mol. The molecule has 74 heavy (non-hydrogen) atoms. The van der Waals surface area contributed by atoms with Crippen LogP contribution in [0.2, 0.25) is 0 Å². The van der Waals surface area contributed by atoms with E-state index in [1.807, 2.05) is 0 Å². The molecule has 0 aromatic heterocycles. The molecule has 0 bridgehead atoms. The highest BCUT2D eigenvalue weighted by Gasteiger charge is 2.19. The van der Waals surface area contributed by atoms with Gasteiger partial charge in [-0.05, 0) is 19.3 Å². The third kappa shape index (κ3) is 61.3. The van der Waals surface area contributed by atoms with Crippen molar-refractivity contribution >= 4 is 17.9 Å². The Bertz CT molecular complexity index is 1110. The molecule has 0 spiro atoms. The molecule has 0 aliphatic heterocycles. The number of ether oxygens (including phenoxy) is 3. The van der Waals surface area contributed by atoms with E-state index in [2.05, 4.69) is 20.8 Å². The second kappa shape index (κ2) is 63.9. The Morgan fingerprint density at radius 3 is 0.541 bits per heavy atom. The van der Waals surface area contributed by atoms with Gasteiger partial charge in [0.05, 0.1) is 0 Å². The van der Waals surface area contributed by atoms with Crippen LogP contribution in [0.25, 0.3) is 0 Å². The van der Waals surface area contributed by atoms with Crippen molar-refractivity contribution in [3.8, 4) is 0 Å². The van der Waals surface area contributed by atoms with Crippen LogP contribution in [0.15, 0.2) is 0 Å². The highest BCUT2D eigenvalue weighted by Crippen LogP contribution is 2.19. The summed E-state index contributed by atoms with van der Waals surface area (Å²) in [5, 5.41) is 0. The van der Waals surface area contributed by atoms with Crippen LogP contribution in [-0.4, -0.2) is 37.2 Å². The summed E-state index contributed by atoms with van der Waals surface area (Å²) < 4.78 is 16.9. The molecular weight excluding hydrogens is 913 g/mol. The van der Waals surface area contributed by atoms with Crippen molar-refractivity contribution in [3.63, 3.8) is 0 Å². The van der Waals surface area contributed by atoms with E-state index < -0.39 is 6.10 Å². The largest absolute Gasteiger partial charge is 0.462 e. The quantitative estimate of drug-likeness (QED) is 0.0343. The van der Waals surface area contributed by atoms with Crippen LogP contribution in [0.4, 0.5) is 0 Å². The fourth-order valence-corrected chi connectivity index (χ4v) is 10.7. The summed E-state index contributed by atoms with van der Waals surface area (Å²) in [4.78, 5) is 38.1. The predicted octanol–water partition coefficient (Wildman–Crippen LogP) is 23.1. The Morgan fingerprint density at radius 2 is 0.365 bits per heavy atom. The third-order valence-corrected chi connectivity index (χ3v) is 15.9. The van der Waals surface area contributed by atoms with Gasteiger partial charge in [-0.2, -0.15) is 0 Å². The molecule has 0 radical (unpaired) electrons. The smallest absolute Gasteiger partial charge is 0.306 e. The Balaban J connectivity index is 3.95. The van der Waals surface area contributed by atoms with E-state index in [0.717, 1.165) is 57.8 Å². The number of esters is 3. The first-order chi connectivity index (χ1) is 36.5. The molecule has 0 fully saturated rings. The van der Waals surface area contributed by atoms with Gasteiger partial charge >= 0.3 is 17.9 Å². The molecule has 0 saturated heterocycles. The zero-order chi connectivity index (χ0) is 53.6. The number of hydrogen-bond acceptors (Lipinski definition) is 6. The minimum Gasteiger partial charge on any atom is -0.462 e. The molecular formula is C68H132O6. The van der Waals surface area contributed by atoms with Crippen LogP contribution < -0.4 is 0 Å². The van der Waals surface area contributed by atoms with Crippen LogP contribution in [0, 0.1) is 0 Å². The lowest BCUT2D eigenvalue weighted by Crippen LogP contribution is -2.30. The molecule has 1 unspecified atom stereocenters. The number of carbonyl (C=O) groups is 3. The molecule has 0 rings (SSSR count). The summed E-state index contributed by atoms with van der Waals surface area (Å²) in [5.41, 5.74) is 0. The zero-order valence-corrected chi connectivity index (χ0v) is 50.7. The standard InChI is InChI=1S/C68H132O6/c1-4-7-10-13-16-18-20-22-24-26-28-29-30-31-32-33-34-35-36-37-38-39-40-42-43-45-47-49-52-55-58-61-67(70)73-64-65(63-72-66(69)60-57-54-51-15-12-9-6-3)74-68(71)62-59-56-53-50-48-46-44-41-27-25-23-21-19-17-14-11-8-5-2/h65H,4-64H2,1-3H3. The molecule has 0 saturated carbocycles. The lowest BCUT2D eigenvalue weighted by molar-refractivity contribution is -0.167. The summed E-state index contributed by atoms with van der Waals surface area (Å²) in [5.74, 6) is -0.836. The van der Waals surface area contributed by atoms with Gasteiger partial charge in [0.2, 0.25) is 0 Å². The minimum absolute atomic E-state index is 0.0615. The highest BCUT2D eigenvalue weighted by molar-refractivity contribution is 5.71. The summed E-state index contributed by atoms with van der Waals surface area (Å²) in [6.45, 7) is 6.68. The molecule has 0 heterocycles. The van der Waals surface area contributed by atoms with Crippen molar-refractivity contribution < 1.29 is 28.6 Å². The van der Waals surface area contributed by atoms with Crippen LogP contribution in [0.1, 0.15) is 400 Å². The average Bonchev–Trinajstić information content (AvgIpc) is 3.40. The van der Waals surface area contributed by atoms with Gasteiger partial charge in [-0.25, -0.2) is 0 Å². The van der Waals surface area contributed by atoms with E-state index in [9.17, 15) is 14.4 Å². The van der Waals surface area contributed by atoms with Crippen LogP contribution in [0.3, 0.4) is 0 Å². The summed E-state index contributed by atoms with van der Waals surface area (Å²) >= 11 is 0. The molecule has 6 nitrogen and oxygen atoms in total. The second-order valence-electron chi connectivity index (χ2n) is 23.5. The molecule has 6 heteroatoms. The van der Waals surface area contributed by atoms with Gasteiger partial charge in [0.1, 0.15) is 13.2 Å². The third-order valence-electron chi connectivity index (χ3n) is 15.9. The van der Waals surface area contributed by atoms with Crippen molar-refractivity contribution in [1.29, 1.82) is 0 Å². The van der Waals surface area contributed by atoms with E-state index in [1.54, 1.807) is 0 Å². The maximum atomic E-state index is 12.8. The normalized spacial score (nSPS) is 11.9. The van der Waals surface area contributed by atoms with Gasteiger partial charge in [-0.3, -0.25) is 14.4 Å². The SMILES string of the molecule is CCCCCCCCCCCCCCCCCCCCCCCCCCCCCCCCCC(=O)OCC(COC(=O)CCCCCCCCC)OC(=O)CCCCCCCCCCCCCCCCCCCC. The topological polar surface area (TPSA) is 78.9 Å². The molecule has 0 N–H and O–H groups in total. The molecule has 0 aromatic carbocycles. The van der Waals surface area contributed by atoms with Gasteiger partial charge in [-0.1, -0.05) is 361 Å². The first-order valence-corrected chi connectivity index (χ1v) is 34.0. The van der Waals surface area contributed by atoms with Crippen molar-refractivity contribution in [1.82, 2.24) is 0 Å². The Hall–Kier alpha value is -1.59. The van der Waals surface area contributed by atoms with E-state index in [4.69, 9.17) is 14.2 Å². The van der Waals surface area contributed by atoms with E-state index >= 15 is 0 Å². The number of hydrogen-bond donors (Lipinski definition) is 0. The molecule has 0 amide bonds. The predicted molar refractivity (Wildman–Crippen MR) is 321 cm³/mol. The van der Waals surface area contributed by atoms with Gasteiger partial charge in [0.15, 0.2) is 6.10 Å². The maximum absolute atomic E-state index is 12.8. The van der Waals surface area contributed by atoms with E-state index in [1.165, 1.54) is 302 Å². The van der Waals surface area contributed by atoms with Gasteiger partial charge in [0, 0.05) is 19.3 Å². The Kier molecular flexibility index (Phi) is 62.6. The first-order valence-electron chi connectivity index (χ1n) is 34.0. The fourth-order valence-electron chi connectivity index (χ4n) is 10.7. The van der Waals surface area contributed by atoms with Gasteiger partial charge < -0.3 is 14.2 Å². The van der Waals surface area contributed by atoms with Crippen molar-refractivity contribution in [2.45, 2.75) is 406 Å². The summed E-state index contributed by atoms with van der Waals surface area (Å²) in [6.07, 6.45) is 74.5. The minimum atomic E-state index is -0.761. The number of unbranched alkanes of at least 4 members (excludes halogenated alkanes) is 53. The lowest BCUT2D eigenvalue weighted by Gasteiger charge is -2.18. The van der Waals surface area contributed by atoms with E-state index in [-0.39, 0.29) is 31.1 Å². The summed E-state index contributed by atoms with van der Waals surface area (Å²) in [6, 6.07) is 0. The van der Waals surface area contributed by atoms with Crippen molar-refractivity contribution in [2.75, 3.05) is 13.2 Å². The second-order valence-corrected chi connectivity index (χ2v) is 23.5. The Morgan fingerprint density at radius 1 is 0.216 bits per heavy atom. The van der Waals surface area contributed by atoms with Gasteiger partial charge in [0.25, 0.3) is 0 Å². The molecule has 1 atom stereocenters. The van der Waals surface area contributed by atoms with Gasteiger partial charge in [-0.15, -0.1) is 0 Å². The van der Waals surface area contributed by atoms with Crippen molar-refractivity contribution in [2.24, 2.45) is 0 Å². The van der Waals surface area contributed by atoms with Crippen LogP contribution in [0.5, 0.6) is 0 Å². The van der Waals surface area contributed by atoms with E-state index in [0.29, 0.717) is 19.3 Å². The molecule has 440 valence electrons. The highest BCUT2D eigenvalue weighted by atomic mass is 16.6. The lowest BCUT2D eigenvalue weighted by atomic mass is 10.0. The number of carbonyl (C=O) groups excluding carboxylic acids is 3. The average molecular weight is 1050 g/mol. The maximum Gasteiger partial charge on any atom is 0.306 e. The Labute approximate surface area is 463 Å². The van der Waals surface area contributed by atoms with Crippen LogP contribution in [-0.2, 0) is 28.6 Å². The van der Waals surface area contributed by atoms with Crippen molar-refractivity contribution in [3.05, 3.63) is 0 Å². The molecule has 0 aromatic rings. The van der Waals surface area contributed by atoms with Crippen LogP contribution >= 0.6 is 0 Å². The molecule has 0 aliphatic rings. The molecule has 0 aliphatic carbocycles. The zero-order valence-electron chi connectivity index (χ0n) is 50.7. The summed E-state index contributed by atoms with van der Waals surface area (Å²) in [7, 11) is 0. The number of rotatable bonds is 64. The first kappa shape index (κ1) is 72.4.